The number of carbonyl (C=O) groups is 3. The molecule has 2 fully saturated rings. The molecule has 0 bridgehead atoms. The molecule has 24 heteroatoms. The van der Waals surface area contributed by atoms with Gasteiger partial charge in [0.15, 0.2) is 11.6 Å². The Bertz CT molecular complexity index is 1460. The molecule has 67 heavy (non-hydrogen) atoms. The summed E-state index contributed by atoms with van der Waals surface area (Å²) < 4.78 is 123. The summed E-state index contributed by atoms with van der Waals surface area (Å²) >= 11 is 1.89. The van der Waals surface area contributed by atoms with E-state index in [9.17, 15) is 31.9 Å². The number of esters is 1. The van der Waals surface area contributed by atoms with Crippen LogP contribution >= 0.6 is 11.8 Å². The number of hydrogen-bond donors (Lipinski definition) is 3. The van der Waals surface area contributed by atoms with Crippen LogP contribution in [0.1, 0.15) is 32.1 Å². The van der Waals surface area contributed by atoms with E-state index < -0.39 is 41.4 Å². The summed E-state index contributed by atoms with van der Waals surface area (Å²) in [5.41, 5.74) is 0. The number of rotatable bonds is 45. The lowest BCUT2D eigenvalue weighted by atomic mass is 10.0. The zero-order valence-corrected chi connectivity index (χ0v) is 39.0. The van der Waals surface area contributed by atoms with Crippen molar-refractivity contribution in [2.75, 3.05) is 171 Å². The number of amides is 3. The Labute approximate surface area is 393 Å². The summed E-state index contributed by atoms with van der Waals surface area (Å²) in [6.07, 6.45) is 2.88. The van der Waals surface area contributed by atoms with E-state index in [1.54, 1.807) is 0 Å². The summed E-state index contributed by atoms with van der Waals surface area (Å²) in [4.78, 5) is 35.2. The Morgan fingerprint density at radius 2 is 0.925 bits per heavy atom. The minimum absolute atomic E-state index is 0.0161. The van der Waals surface area contributed by atoms with Gasteiger partial charge >= 0.3 is 12.0 Å². The summed E-state index contributed by atoms with van der Waals surface area (Å²) in [5, 5.41) is 9.25. The number of fused-ring (bicyclic) bond motifs is 1. The van der Waals surface area contributed by atoms with Crippen LogP contribution in [-0.4, -0.2) is 206 Å². The molecule has 2 aliphatic rings. The zero-order chi connectivity index (χ0) is 48.0. The minimum Gasteiger partial charge on any atom is -0.420 e. The highest BCUT2D eigenvalue weighted by Gasteiger charge is 2.42. The van der Waals surface area contributed by atoms with Crippen LogP contribution in [0, 0.1) is 23.3 Å². The molecule has 0 radical (unpaired) electrons. The summed E-state index contributed by atoms with van der Waals surface area (Å²) in [5.74, 6) is -8.53. The highest BCUT2D eigenvalue weighted by atomic mass is 32.2. The Hall–Kier alpha value is -2.98. The number of benzene rings is 1. The van der Waals surface area contributed by atoms with Crippen molar-refractivity contribution < 1.29 is 93.5 Å². The Morgan fingerprint density at radius 1 is 0.537 bits per heavy atom. The molecule has 3 amide bonds. The van der Waals surface area contributed by atoms with Crippen molar-refractivity contribution >= 4 is 29.7 Å². The van der Waals surface area contributed by atoms with Gasteiger partial charge in [-0.1, -0.05) is 6.42 Å². The molecule has 0 spiro atoms. The van der Waals surface area contributed by atoms with Crippen molar-refractivity contribution in [3.8, 4) is 5.75 Å². The van der Waals surface area contributed by atoms with Gasteiger partial charge in [-0.05, 0) is 12.8 Å². The first-order valence-corrected chi connectivity index (χ1v) is 23.7. The van der Waals surface area contributed by atoms with E-state index in [1.165, 1.54) is 0 Å². The van der Waals surface area contributed by atoms with Crippen molar-refractivity contribution in [2.45, 2.75) is 49.4 Å². The maximum absolute atomic E-state index is 13.6. The van der Waals surface area contributed by atoms with Crippen molar-refractivity contribution in [1.29, 1.82) is 0 Å². The van der Waals surface area contributed by atoms with Crippen LogP contribution in [0.5, 0.6) is 5.75 Å². The standard InChI is InChI=1S/C43H69F4N3O16S/c44-33-31-34(45)40(47)42(39(33)46)66-38(52)5-7-54-9-11-56-13-15-58-17-19-60-21-23-62-25-27-64-29-30-65-28-26-63-24-22-61-20-18-59-16-14-57-12-10-55-8-6-48-37(51)4-2-1-3-36-41-35(32-67-36)49-43(53)50-41/h31,35-36,41H,1-30,32H2,(H,48,51)(H2,49,50,53)/t35-,36+,41+/m1/s1. The lowest BCUT2D eigenvalue weighted by molar-refractivity contribution is -0.136. The molecule has 2 saturated heterocycles. The van der Waals surface area contributed by atoms with Crippen LogP contribution < -0.4 is 20.7 Å². The molecule has 19 nitrogen and oxygen atoms in total. The second-order valence-electron chi connectivity index (χ2n) is 14.6. The number of nitrogens with one attached hydrogen (secondary N) is 3. The summed E-state index contributed by atoms with van der Waals surface area (Å²) in [7, 11) is 0. The highest BCUT2D eigenvalue weighted by molar-refractivity contribution is 8.00. The van der Waals surface area contributed by atoms with Gasteiger partial charge in [-0.15, -0.1) is 0 Å². The van der Waals surface area contributed by atoms with E-state index in [-0.39, 0.29) is 49.9 Å². The molecule has 1 aromatic rings. The van der Waals surface area contributed by atoms with Gasteiger partial charge in [-0.3, -0.25) is 9.59 Å². The van der Waals surface area contributed by atoms with Crippen molar-refractivity contribution in [1.82, 2.24) is 16.0 Å². The molecule has 0 aliphatic carbocycles. The average Bonchev–Trinajstić information content (AvgIpc) is 3.88. The Balaban J connectivity index is 0.896. The van der Waals surface area contributed by atoms with E-state index >= 15 is 0 Å². The van der Waals surface area contributed by atoms with Gasteiger partial charge in [0, 0.05) is 30.0 Å². The molecular formula is C43H69F4N3O16S. The van der Waals surface area contributed by atoms with Crippen molar-refractivity contribution in [3.05, 3.63) is 29.3 Å². The monoisotopic (exact) mass is 991 g/mol. The summed E-state index contributed by atoms with van der Waals surface area (Å²) in [6.45, 7) is 9.49. The number of urea groups is 1. The van der Waals surface area contributed by atoms with Crippen LogP contribution in [0.15, 0.2) is 6.07 Å². The normalized spacial score (nSPS) is 16.6. The molecule has 2 heterocycles. The molecule has 386 valence electrons. The van der Waals surface area contributed by atoms with Crippen molar-refractivity contribution in [2.24, 2.45) is 0 Å². The summed E-state index contributed by atoms with van der Waals surface area (Å²) in [6, 6.07) is 0.384. The molecule has 2 aliphatic heterocycles. The Morgan fingerprint density at radius 3 is 1.34 bits per heavy atom. The quantitative estimate of drug-likeness (QED) is 0.0214. The number of ether oxygens (including phenoxy) is 13. The number of thioether (sulfide) groups is 1. The van der Waals surface area contributed by atoms with Gasteiger partial charge in [0.2, 0.25) is 23.3 Å². The van der Waals surface area contributed by atoms with Gasteiger partial charge in [-0.25, -0.2) is 13.6 Å². The second kappa shape index (κ2) is 38.8. The highest BCUT2D eigenvalue weighted by Crippen LogP contribution is 2.33. The van der Waals surface area contributed by atoms with E-state index in [2.05, 4.69) is 20.7 Å². The minimum atomic E-state index is -1.80. The average molecular weight is 992 g/mol. The van der Waals surface area contributed by atoms with Gasteiger partial charge in [-0.2, -0.15) is 20.5 Å². The SMILES string of the molecule is O=C(CCCC[C@@H]1SC[C@H]2NC(=O)N[C@H]12)NCCOCCOCCOCCOCCOCCOCCOCCOCCOCCOCCOCCOCCC(=O)Oc1c(F)c(F)cc(F)c1F. The molecule has 3 atom stereocenters. The maximum Gasteiger partial charge on any atom is 0.315 e. The maximum atomic E-state index is 13.6. The lowest BCUT2D eigenvalue weighted by Gasteiger charge is -2.16. The molecule has 0 saturated carbocycles. The number of hydrogen-bond acceptors (Lipinski definition) is 17. The van der Waals surface area contributed by atoms with Crippen LogP contribution in [0.25, 0.3) is 0 Å². The van der Waals surface area contributed by atoms with Gasteiger partial charge in [0.1, 0.15) is 0 Å². The first-order chi connectivity index (χ1) is 32.8. The van der Waals surface area contributed by atoms with E-state index in [4.69, 9.17) is 56.8 Å². The predicted octanol–water partition coefficient (Wildman–Crippen LogP) is 2.58. The number of carbonyl (C=O) groups excluding carboxylic acids is 3. The van der Waals surface area contributed by atoms with Crippen molar-refractivity contribution in [3.63, 3.8) is 0 Å². The van der Waals surface area contributed by atoms with E-state index in [0.29, 0.717) is 157 Å². The van der Waals surface area contributed by atoms with Gasteiger partial charge < -0.3 is 77.5 Å². The number of unbranched alkanes of at least 4 members (excludes halogenated alkanes) is 1. The van der Waals surface area contributed by atoms with Gasteiger partial charge in [0.05, 0.1) is 177 Å². The molecule has 3 rings (SSSR count). The first kappa shape index (κ1) is 58.3. The fourth-order valence-corrected chi connectivity index (χ4v) is 7.65. The third-order valence-corrected chi connectivity index (χ3v) is 11.0. The Kier molecular flexibility index (Phi) is 33.8. The largest absolute Gasteiger partial charge is 0.420 e. The lowest BCUT2D eigenvalue weighted by Crippen LogP contribution is -2.36. The predicted molar refractivity (Wildman–Crippen MR) is 233 cm³/mol. The molecule has 0 unspecified atom stereocenters. The van der Waals surface area contributed by atoms with Crippen LogP contribution in [0.4, 0.5) is 22.4 Å². The van der Waals surface area contributed by atoms with Crippen LogP contribution in [0.3, 0.4) is 0 Å². The molecule has 1 aromatic carbocycles. The second-order valence-corrected chi connectivity index (χ2v) is 15.9. The first-order valence-electron chi connectivity index (χ1n) is 22.7. The van der Waals surface area contributed by atoms with Crippen LogP contribution in [0.2, 0.25) is 0 Å². The van der Waals surface area contributed by atoms with Gasteiger partial charge in [0.25, 0.3) is 0 Å². The van der Waals surface area contributed by atoms with E-state index in [1.807, 2.05) is 11.8 Å². The topological polar surface area (TPSA) is 207 Å². The third kappa shape index (κ3) is 28.3. The number of halogens is 4. The smallest absolute Gasteiger partial charge is 0.315 e. The third-order valence-electron chi connectivity index (χ3n) is 9.48. The zero-order valence-electron chi connectivity index (χ0n) is 38.2. The fourth-order valence-electron chi connectivity index (χ4n) is 6.11. The molecule has 0 aromatic heterocycles. The molecule has 3 N–H and O–H groups in total. The van der Waals surface area contributed by atoms with E-state index in [0.717, 1.165) is 25.0 Å². The van der Waals surface area contributed by atoms with Crippen LogP contribution in [-0.2, 0) is 66.4 Å². The molecular weight excluding hydrogens is 923 g/mol. The fraction of sp³-hybridized carbons (Fsp3) is 0.791.